The first kappa shape index (κ1) is 15.8. The molecule has 2 unspecified atom stereocenters. The van der Waals surface area contributed by atoms with Gasteiger partial charge in [-0.15, -0.1) is 0 Å². The second-order valence-corrected chi connectivity index (χ2v) is 7.11. The average Bonchev–Trinajstić information content (AvgIpc) is 2.81. The molecule has 116 valence electrons. The van der Waals surface area contributed by atoms with Crippen LogP contribution in [0.4, 0.5) is 0 Å². The van der Waals surface area contributed by atoms with Gasteiger partial charge in [-0.1, -0.05) is 0 Å². The number of sulfonamides is 1. The van der Waals surface area contributed by atoms with Crippen LogP contribution in [0.1, 0.15) is 18.9 Å². The zero-order valence-corrected chi connectivity index (χ0v) is 13.1. The average molecular weight is 313 g/mol. The van der Waals surface area contributed by atoms with Crippen LogP contribution in [0, 0.1) is 12.8 Å². The first-order valence-electron chi connectivity index (χ1n) is 6.68. The fraction of sp³-hybridized carbons (Fsp3) is 0.500. The highest BCUT2D eigenvalue weighted by atomic mass is 32.2. The van der Waals surface area contributed by atoms with Gasteiger partial charge in [0.25, 0.3) is 0 Å². The van der Waals surface area contributed by atoms with Crippen molar-refractivity contribution in [1.29, 1.82) is 0 Å². The molecule has 0 bridgehead atoms. The molecule has 6 nitrogen and oxygen atoms in total. The molecular weight excluding hydrogens is 294 g/mol. The van der Waals surface area contributed by atoms with Crippen LogP contribution in [0.25, 0.3) is 0 Å². The van der Waals surface area contributed by atoms with Gasteiger partial charge in [0.2, 0.25) is 10.0 Å². The second-order valence-electron chi connectivity index (χ2n) is 5.22. The van der Waals surface area contributed by atoms with E-state index < -0.39 is 28.0 Å². The number of benzene rings is 1. The molecule has 21 heavy (non-hydrogen) atoms. The fourth-order valence-electron chi connectivity index (χ4n) is 2.73. The maximum atomic E-state index is 12.7. The molecule has 1 aromatic rings. The van der Waals surface area contributed by atoms with Gasteiger partial charge < -0.3 is 9.84 Å². The van der Waals surface area contributed by atoms with Crippen molar-refractivity contribution in [2.45, 2.75) is 31.2 Å². The van der Waals surface area contributed by atoms with Crippen LogP contribution >= 0.6 is 0 Å². The summed E-state index contributed by atoms with van der Waals surface area (Å²) in [4.78, 5) is 11.3. The molecule has 0 radical (unpaired) electrons. The van der Waals surface area contributed by atoms with E-state index in [-0.39, 0.29) is 11.4 Å². The topological polar surface area (TPSA) is 83.9 Å². The smallest absolute Gasteiger partial charge is 0.308 e. The summed E-state index contributed by atoms with van der Waals surface area (Å²) in [5.41, 5.74) is 0.722. The van der Waals surface area contributed by atoms with Crippen LogP contribution in [0.3, 0.4) is 0 Å². The van der Waals surface area contributed by atoms with Crippen LogP contribution in [-0.2, 0) is 14.8 Å². The fourth-order valence-corrected chi connectivity index (χ4v) is 4.49. The minimum absolute atomic E-state index is 0.165. The number of carboxylic acids is 1. The molecule has 0 saturated carbocycles. The van der Waals surface area contributed by atoms with E-state index in [1.54, 1.807) is 26.0 Å². The highest BCUT2D eigenvalue weighted by molar-refractivity contribution is 7.89. The number of aliphatic carboxylic acids is 1. The molecule has 2 rings (SSSR count). The number of ether oxygens (including phenoxy) is 1. The lowest BCUT2D eigenvalue weighted by atomic mass is 10.0. The van der Waals surface area contributed by atoms with E-state index in [0.717, 1.165) is 5.56 Å². The number of hydrogen-bond donors (Lipinski definition) is 1. The monoisotopic (exact) mass is 313 g/mol. The molecule has 0 aromatic heterocycles. The van der Waals surface area contributed by atoms with Crippen molar-refractivity contribution in [3.8, 4) is 5.75 Å². The van der Waals surface area contributed by atoms with Gasteiger partial charge in [0, 0.05) is 12.6 Å². The van der Waals surface area contributed by atoms with Crippen LogP contribution in [0.2, 0.25) is 0 Å². The Hall–Kier alpha value is -1.60. The van der Waals surface area contributed by atoms with Crippen LogP contribution < -0.4 is 4.74 Å². The van der Waals surface area contributed by atoms with Gasteiger partial charge >= 0.3 is 5.97 Å². The summed E-state index contributed by atoms with van der Waals surface area (Å²) in [5.74, 6) is -0.989. The maximum absolute atomic E-state index is 12.7. The third-order valence-corrected chi connectivity index (χ3v) is 5.97. The van der Waals surface area contributed by atoms with E-state index in [9.17, 15) is 13.2 Å². The zero-order valence-electron chi connectivity index (χ0n) is 12.2. The van der Waals surface area contributed by atoms with Gasteiger partial charge in [-0.3, -0.25) is 4.79 Å². The van der Waals surface area contributed by atoms with E-state index >= 15 is 0 Å². The van der Waals surface area contributed by atoms with Gasteiger partial charge in [-0.2, -0.15) is 4.31 Å². The first-order valence-corrected chi connectivity index (χ1v) is 8.12. The summed E-state index contributed by atoms with van der Waals surface area (Å²) in [7, 11) is -2.16. The Morgan fingerprint density at radius 3 is 2.57 bits per heavy atom. The lowest BCUT2D eigenvalue weighted by molar-refractivity contribution is -0.142. The summed E-state index contributed by atoms with van der Waals surface area (Å²) < 4.78 is 31.7. The van der Waals surface area contributed by atoms with E-state index in [2.05, 4.69) is 0 Å². The van der Waals surface area contributed by atoms with Crippen molar-refractivity contribution in [2.24, 2.45) is 5.92 Å². The second kappa shape index (κ2) is 5.65. The standard InChI is InChI=1S/C14H19NO5S/c1-9-8-11(4-5-13(9)20-3)21(18,19)15-7-6-12(10(15)2)14(16)17/h4-5,8,10,12H,6-7H2,1-3H3,(H,16,17). The number of methoxy groups -OCH3 is 1. The maximum Gasteiger partial charge on any atom is 0.308 e. The van der Waals surface area contributed by atoms with E-state index in [1.807, 2.05) is 0 Å². The molecule has 7 heteroatoms. The number of aryl methyl sites for hydroxylation is 1. The van der Waals surface area contributed by atoms with Crippen LogP contribution in [0.15, 0.2) is 23.1 Å². The van der Waals surface area contributed by atoms with Gasteiger partial charge in [0.05, 0.1) is 17.9 Å². The number of carbonyl (C=O) groups is 1. The minimum Gasteiger partial charge on any atom is -0.496 e. The third kappa shape index (κ3) is 2.75. The Kier molecular flexibility index (Phi) is 4.25. The van der Waals surface area contributed by atoms with Gasteiger partial charge in [-0.25, -0.2) is 8.42 Å². The Morgan fingerprint density at radius 2 is 2.10 bits per heavy atom. The van der Waals surface area contributed by atoms with E-state index in [4.69, 9.17) is 9.84 Å². The van der Waals surface area contributed by atoms with Gasteiger partial charge in [0.15, 0.2) is 0 Å². The third-order valence-electron chi connectivity index (χ3n) is 3.99. The number of hydrogen-bond acceptors (Lipinski definition) is 4. The predicted molar refractivity (Wildman–Crippen MR) is 76.8 cm³/mol. The molecule has 1 aliphatic rings. The van der Waals surface area contributed by atoms with Crippen molar-refractivity contribution in [3.63, 3.8) is 0 Å². The predicted octanol–water partition coefficient (Wildman–Crippen LogP) is 1.49. The van der Waals surface area contributed by atoms with Crippen molar-refractivity contribution >= 4 is 16.0 Å². The quantitative estimate of drug-likeness (QED) is 0.910. The Labute approximate surface area is 124 Å². The van der Waals surface area contributed by atoms with Crippen LogP contribution in [0.5, 0.6) is 5.75 Å². The van der Waals surface area contributed by atoms with Crippen molar-refractivity contribution in [2.75, 3.05) is 13.7 Å². The summed E-state index contributed by atoms with van der Waals surface area (Å²) >= 11 is 0. The normalized spacial score (nSPS) is 23.2. The molecule has 1 fully saturated rings. The zero-order chi connectivity index (χ0) is 15.8. The van der Waals surface area contributed by atoms with Crippen molar-refractivity contribution < 1.29 is 23.1 Å². The molecule has 1 heterocycles. The lowest BCUT2D eigenvalue weighted by Gasteiger charge is -2.23. The molecule has 1 aromatic carbocycles. The Bertz CT molecular complexity index is 655. The van der Waals surface area contributed by atoms with Crippen molar-refractivity contribution in [3.05, 3.63) is 23.8 Å². The SMILES string of the molecule is COc1ccc(S(=O)(=O)N2CCC(C(=O)O)C2C)cc1C. The summed E-state index contributed by atoms with van der Waals surface area (Å²) in [6.07, 6.45) is 0.338. The number of nitrogens with zero attached hydrogens (tertiary/aromatic N) is 1. The molecule has 0 aliphatic carbocycles. The molecule has 0 amide bonds. The van der Waals surface area contributed by atoms with Gasteiger partial charge in [0.1, 0.15) is 5.75 Å². The van der Waals surface area contributed by atoms with E-state index in [1.165, 1.54) is 17.5 Å². The summed E-state index contributed by atoms with van der Waals surface area (Å²) in [6.45, 7) is 3.64. The summed E-state index contributed by atoms with van der Waals surface area (Å²) in [6, 6.07) is 4.10. The minimum atomic E-state index is -3.69. The largest absolute Gasteiger partial charge is 0.496 e. The molecule has 1 saturated heterocycles. The molecular formula is C14H19NO5S. The van der Waals surface area contributed by atoms with Crippen LogP contribution in [-0.4, -0.2) is 43.5 Å². The molecule has 1 N–H and O–H groups in total. The number of carboxylic acid groups (broad SMARTS) is 1. The highest BCUT2D eigenvalue weighted by Gasteiger charge is 2.42. The molecule has 1 aliphatic heterocycles. The summed E-state index contributed by atoms with van der Waals surface area (Å²) in [5, 5.41) is 9.11. The Morgan fingerprint density at radius 1 is 1.43 bits per heavy atom. The first-order chi connectivity index (χ1) is 9.78. The Balaban J connectivity index is 2.35. The highest BCUT2D eigenvalue weighted by Crippen LogP contribution is 2.31. The lowest BCUT2D eigenvalue weighted by Crippen LogP contribution is -2.37. The van der Waals surface area contributed by atoms with Gasteiger partial charge in [-0.05, 0) is 44.0 Å². The van der Waals surface area contributed by atoms with E-state index in [0.29, 0.717) is 12.2 Å². The molecule has 0 spiro atoms. The molecule has 2 atom stereocenters. The van der Waals surface area contributed by atoms with Crippen molar-refractivity contribution in [1.82, 2.24) is 4.31 Å². The number of rotatable bonds is 4.